The molecule has 0 N–H and O–H groups in total. The quantitative estimate of drug-likeness (QED) is 0.428. The van der Waals surface area contributed by atoms with E-state index in [2.05, 4.69) is 5.92 Å². The summed E-state index contributed by atoms with van der Waals surface area (Å²) in [6.45, 7) is 5.92. The minimum absolute atomic E-state index is 0.0459. The number of rotatable bonds is 6. The summed E-state index contributed by atoms with van der Waals surface area (Å²) in [7, 11) is 0. The van der Waals surface area contributed by atoms with Gasteiger partial charge in [0.05, 0.1) is 13.2 Å². The first-order valence-electron chi connectivity index (χ1n) is 4.00. The molecule has 2 nitrogen and oxygen atoms in total. The molecule has 64 valence electrons. The van der Waals surface area contributed by atoms with E-state index in [4.69, 9.17) is 15.9 Å². The molecule has 2 heteroatoms. The van der Waals surface area contributed by atoms with Crippen molar-refractivity contribution in [3.63, 3.8) is 0 Å². The monoisotopic (exact) mass is 156 g/mol. The summed E-state index contributed by atoms with van der Waals surface area (Å²) in [6.07, 6.45) is 6.00. The maximum Gasteiger partial charge on any atom is 0.117 e. The Balaban J connectivity index is 3.16. The van der Waals surface area contributed by atoms with Gasteiger partial charge in [-0.1, -0.05) is 12.8 Å². The van der Waals surface area contributed by atoms with Gasteiger partial charge in [-0.15, -0.1) is 6.42 Å². The smallest absolute Gasteiger partial charge is 0.117 e. The second-order valence-electron chi connectivity index (χ2n) is 2.13. The van der Waals surface area contributed by atoms with Gasteiger partial charge in [0.25, 0.3) is 0 Å². The molecule has 0 rings (SSSR count). The van der Waals surface area contributed by atoms with E-state index in [9.17, 15) is 0 Å². The Morgan fingerprint density at radius 3 is 2.55 bits per heavy atom. The maximum absolute atomic E-state index is 5.28. The van der Waals surface area contributed by atoms with Crippen molar-refractivity contribution in [1.29, 1.82) is 0 Å². The van der Waals surface area contributed by atoms with Crippen molar-refractivity contribution in [3.8, 4) is 12.3 Å². The van der Waals surface area contributed by atoms with E-state index in [1.807, 2.05) is 13.8 Å². The molecule has 0 aliphatic rings. The zero-order chi connectivity index (χ0) is 8.53. The molecule has 0 heterocycles. The Bertz CT molecular complexity index is 115. The van der Waals surface area contributed by atoms with Gasteiger partial charge in [-0.25, -0.2) is 0 Å². The van der Waals surface area contributed by atoms with Gasteiger partial charge in [-0.2, -0.15) is 0 Å². The molecule has 0 aromatic carbocycles. The second-order valence-corrected chi connectivity index (χ2v) is 2.13. The van der Waals surface area contributed by atoms with E-state index in [1.165, 1.54) is 0 Å². The Morgan fingerprint density at radius 1 is 1.36 bits per heavy atom. The predicted octanol–water partition coefficient (Wildman–Crippen LogP) is 1.45. The van der Waals surface area contributed by atoms with E-state index >= 15 is 0 Å². The molecule has 0 spiro atoms. The van der Waals surface area contributed by atoms with E-state index < -0.39 is 0 Å². The topological polar surface area (TPSA) is 18.5 Å². The van der Waals surface area contributed by atoms with Crippen LogP contribution in [0.15, 0.2) is 0 Å². The predicted molar refractivity (Wildman–Crippen MR) is 45.4 cm³/mol. The van der Waals surface area contributed by atoms with Crippen LogP contribution in [0.3, 0.4) is 0 Å². The number of hydrogen-bond acceptors (Lipinski definition) is 2. The van der Waals surface area contributed by atoms with Crippen LogP contribution in [0.2, 0.25) is 0 Å². The molecule has 0 fully saturated rings. The lowest BCUT2D eigenvalue weighted by Crippen LogP contribution is -2.13. The molecule has 0 amide bonds. The van der Waals surface area contributed by atoms with Crippen molar-refractivity contribution in [2.45, 2.75) is 26.4 Å². The van der Waals surface area contributed by atoms with Crippen LogP contribution in [-0.2, 0) is 9.47 Å². The molecule has 0 aliphatic heterocycles. The van der Waals surface area contributed by atoms with Gasteiger partial charge >= 0.3 is 0 Å². The molecule has 0 saturated heterocycles. The van der Waals surface area contributed by atoms with E-state index in [0.717, 1.165) is 13.0 Å². The normalized spacial score (nSPS) is 12.5. The summed E-state index contributed by atoms with van der Waals surface area (Å²) in [5.74, 6) is 2.55. The minimum Gasteiger partial charge on any atom is -0.379 e. The van der Waals surface area contributed by atoms with Gasteiger partial charge in [0.2, 0.25) is 0 Å². The van der Waals surface area contributed by atoms with Crippen LogP contribution in [0, 0.1) is 12.3 Å². The highest BCUT2D eigenvalue weighted by Gasteiger charge is 1.99. The molecule has 0 aliphatic carbocycles. The summed E-state index contributed by atoms with van der Waals surface area (Å²) >= 11 is 0. The van der Waals surface area contributed by atoms with Crippen LogP contribution < -0.4 is 0 Å². The molecular weight excluding hydrogens is 140 g/mol. The number of ether oxygens (including phenoxy) is 2. The molecule has 11 heavy (non-hydrogen) atoms. The Hall–Kier alpha value is -0.520. The molecular formula is C9H16O2. The lowest BCUT2D eigenvalue weighted by molar-refractivity contribution is 0.0293. The highest BCUT2D eigenvalue weighted by molar-refractivity contribution is 4.93. The maximum atomic E-state index is 5.28. The van der Waals surface area contributed by atoms with Crippen molar-refractivity contribution in [2.75, 3.05) is 19.8 Å². The molecule has 1 atom stereocenters. The van der Waals surface area contributed by atoms with Crippen LogP contribution >= 0.6 is 0 Å². The van der Waals surface area contributed by atoms with E-state index in [1.54, 1.807) is 0 Å². The standard InChI is InChI=1S/C9H16O2/c1-4-9(5-2)11-8-7-10-6-3/h1,9H,5-8H2,2-3H3. The lowest BCUT2D eigenvalue weighted by Gasteiger charge is -2.08. The third-order valence-electron chi connectivity index (χ3n) is 1.31. The third kappa shape index (κ3) is 5.90. The van der Waals surface area contributed by atoms with Crippen LogP contribution in [0.25, 0.3) is 0 Å². The highest BCUT2D eigenvalue weighted by Crippen LogP contribution is 1.94. The van der Waals surface area contributed by atoms with Crippen molar-refractivity contribution in [1.82, 2.24) is 0 Å². The first-order chi connectivity index (χ1) is 5.35. The van der Waals surface area contributed by atoms with Crippen molar-refractivity contribution >= 4 is 0 Å². The third-order valence-corrected chi connectivity index (χ3v) is 1.31. The average Bonchev–Trinajstić information content (AvgIpc) is 2.05. The minimum atomic E-state index is -0.0459. The second kappa shape index (κ2) is 7.59. The summed E-state index contributed by atoms with van der Waals surface area (Å²) in [6, 6.07) is 0. The zero-order valence-electron chi connectivity index (χ0n) is 7.30. The first-order valence-corrected chi connectivity index (χ1v) is 4.00. The van der Waals surface area contributed by atoms with Crippen LogP contribution in [-0.4, -0.2) is 25.9 Å². The molecule has 1 unspecified atom stereocenters. The largest absolute Gasteiger partial charge is 0.379 e. The fourth-order valence-corrected chi connectivity index (χ4v) is 0.677. The first kappa shape index (κ1) is 10.5. The molecule has 0 saturated carbocycles. The van der Waals surface area contributed by atoms with Gasteiger partial charge in [-0.3, -0.25) is 0 Å². The van der Waals surface area contributed by atoms with Gasteiger partial charge in [0, 0.05) is 6.61 Å². The molecule has 0 radical (unpaired) electrons. The van der Waals surface area contributed by atoms with Crippen molar-refractivity contribution in [2.24, 2.45) is 0 Å². The molecule has 0 bridgehead atoms. The fraction of sp³-hybridized carbons (Fsp3) is 0.778. The Morgan fingerprint density at radius 2 is 2.09 bits per heavy atom. The summed E-state index contributed by atoms with van der Waals surface area (Å²) in [5, 5.41) is 0. The Kier molecular flexibility index (Phi) is 7.23. The van der Waals surface area contributed by atoms with E-state index in [-0.39, 0.29) is 6.10 Å². The molecule has 0 aromatic rings. The number of hydrogen-bond donors (Lipinski definition) is 0. The fourth-order valence-electron chi connectivity index (χ4n) is 0.677. The SMILES string of the molecule is C#CC(CC)OCCOCC. The lowest BCUT2D eigenvalue weighted by atomic mass is 10.3. The van der Waals surface area contributed by atoms with Crippen LogP contribution in [0.1, 0.15) is 20.3 Å². The van der Waals surface area contributed by atoms with Crippen LogP contribution in [0.4, 0.5) is 0 Å². The van der Waals surface area contributed by atoms with Gasteiger partial charge in [0.15, 0.2) is 0 Å². The van der Waals surface area contributed by atoms with Crippen molar-refractivity contribution in [3.05, 3.63) is 0 Å². The molecule has 0 aromatic heterocycles. The zero-order valence-corrected chi connectivity index (χ0v) is 7.30. The van der Waals surface area contributed by atoms with E-state index in [0.29, 0.717) is 13.2 Å². The summed E-state index contributed by atoms with van der Waals surface area (Å²) in [4.78, 5) is 0. The Labute approximate surface area is 68.9 Å². The van der Waals surface area contributed by atoms with Gasteiger partial charge < -0.3 is 9.47 Å². The summed E-state index contributed by atoms with van der Waals surface area (Å²) < 4.78 is 10.4. The average molecular weight is 156 g/mol. The van der Waals surface area contributed by atoms with Gasteiger partial charge in [-0.05, 0) is 13.3 Å². The van der Waals surface area contributed by atoms with Crippen LogP contribution in [0.5, 0.6) is 0 Å². The van der Waals surface area contributed by atoms with Crippen molar-refractivity contribution < 1.29 is 9.47 Å². The highest BCUT2D eigenvalue weighted by atomic mass is 16.5. The van der Waals surface area contributed by atoms with Gasteiger partial charge in [0.1, 0.15) is 6.10 Å². The number of terminal acetylenes is 1. The summed E-state index contributed by atoms with van der Waals surface area (Å²) in [5.41, 5.74) is 0.